The van der Waals surface area contributed by atoms with Crippen LogP contribution in [0.2, 0.25) is 0 Å². The standard InChI is InChI=1S/C19H24N2O/c1-16-13-21(11-10-20-16)14-18-8-5-9-19(12-18)22-15-17-6-3-2-4-7-17/h2-9,12,16,20H,10-11,13-15H2,1H3. The SMILES string of the molecule is CC1CN(Cc2cccc(OCc3ccccc3)c2)CCN1. The Labute approximate surface area is 132 Å². The number of nitrogens with zero attached hydrogens (tertiary/aromatic N) is 1. The maximum absolute atomic E-state index is 5.91. The molecule has 3 rings (SSSR count). The molecule has 116 valence electrons. The van der Waals surface area contributed by atoms with Crippen molar-refractivity contribution in [3.63, 3.8) is 0 Å². The molecule has 3 heteroatoms. The molecule has 1 aliphatic heterocycles. The van der Waals surface area contributed by atoms with Crippen molar-refractivity contribution in [3.05, 3.63) is 65.7 Å². The fourth-order valence-corrected chi connectivity index (χ4v) is 2.89. The molecule has 1 N–H and O–H groups in total. The van der Waals surface area contributed by atoms with Crippen LogP contribution >= 0.6 is 0 Å². The number of ether oxygens (including phenoxy) is 1. The van der Waals surface area contributed by atoms with Crippen molar-refractivity contribution in [3.8, 4) is 5.75 Å². The van der Waals surface area contributed by atoms with Crippen molar-refractivity contribution in [1.82, 2.24) is 10.2 Å². The first-order valence-corrected chi connectivity index (χ1v) is 8.01. The van der Waals surface area contributed by atoms with Crippen LogP contribution in [0.5, 0.6) is 5.75 Å². The summed E-state index contributed by atoms with van der Waals surface area (Å²) in [5.41, 5.74) is 2.52. The quantitative estimate of drug-likeness (QED) is 0.918. The normalized spacial score (nSPS) is 19.0. The summed E-state index contributed by atoms with van der Waals surface area (Å²) in [5.74, 6) is 0.949. The minimum absolute atomic E-state index is 0.575. The van der Waals surface area contributed by atoms with E-state index in [1.54, 1.807) is 0 Å². The fourth-order valence-electron chi connectivity index (χ4n) is 2.89. The third kappa shape index (κ3) is 4.33. The zero-order valence-electron chi connectivity index (χ0n) is 13.2. The molecule has 1 fully saturated rings. The summed E-state index contributed by atoms with van der Waals surface area (Å²) in [4.78, 5) is 2.50. The molecule has 0 aromatic heterocycles. The van der Waals surface area contributed by atoms with Crippen LogP contribution in [0.3, 0.4) is 0 Å². The number of hydrogen-bond acceptors (Lipinski definition) is 3. The van der Waals surface area contributed by atoms with Gasteiger partial charge in [0, 0.05) is 32.2 Å². The highest BCUT2D eigenvalue weighted by atomic mass is 16.5. The highest BCUT2D eigenvalue weighted by Crippen LogP contribution is 2.17. The van der Waals surface area contributed by atoms with E-state index < -0.39 is 0 Å². The van der Waals surface area contributed by atoms with Gasteiger partial charge in [-0.3, -0.25) is 4.90 Å². The van der Waals surface area contributed by atoms with Crippen LogP contribution in [-0.4, -0.2) is 30.6 Å². The Morgan fingerprint density at radius 1 is 1.09 bits per heavy atom. The van der Waals surface area contributed by atoms with Crippen LogP contribution in [0.15, 0.2) is 54.6 Å². The molecule has 1 atom stereocenters. The summed E-state index contributed by atoms with van der Waals surface area (Å²) in [5, 5.41) is 3.48. The number of hydrogen-bond donors (Lipinski definition) is 1. The average Bonchev–Trinajstić information content (AvgIpc) is 2.54. The molecule has 1 aliphatic rings. The predicted molar refractivity (Wildman–Crippen MR) is 90.0 cm³/mol. The zero-order valence-corrected chi connectivity index (χ0v) is 13.2. The minimum atomic E-state index is 0.575. The Morgan fingerprint density at radius 3 is 2.73 bits per heavy atom. The van der Waals surface area contributed by atoms with E-state index in [2.05, 4.69) is 47.5 Å². The Kier molecular flexibility index (Phi) is 5.09. The summed E-state index contributed by atoms with van der Waals surface area (Å²) >= 11 is 0. The van der Waals surface area contributed by atoms with E-state index in [1.807, 2.05) is 24.3 Å². The first-order chi connectivity index (χ1) is 10.8. The zero-order chi connectivity index (χ0) is 15.2. The molecule has 0 saturated carbocycles. The molecular formula is C19H24N2O. The maximum atomic E-state index is 5.91. The van der Waals surface area contributed by atoms with Gasteiger partial charge in [0.15, 0.2) is 0 Å². The van der Waals surface area contributed by atoms with Gasteiger partial charge in [-0.05, 0) is 30.2 Å². The van der Waals surface area contributed by atoms with Crippen molar-refractivity contribution < 1.29 is 4.74 Å². The molecule has 1 heterocycles. The van der Waals surface area contributed by atoms with Gasteiger partial charge in [-0.25, -0.2) is 0 Å². The van der Waals surface area contributed by atoms with Gasteiger partial charge in [0.1, 0.15) is 12.4 Å². The second-order valence-electron chi connectivity index (χ2n) is 6.01. The Bertz CT molecular complexity index is 585. The van der Waals surface area contributed by atoms with Crippen LogP contribution in [0.1, 0.15) is 18.1 Å². The number of nitrogens with one attached hydrogen (secondary N) is 1. The van der Waals surface area contributed by atoms with E-state index in [9.17, 15) is 0 Å². The molecule has 0 aliphatic carbocycles. The van der Waals surface area contributed by atoms with Gasteiger partial charge in [-0.2, -0.15) is 0 Å². The first-order valence-electron chi connectivity index (χ1n) is 8.01. The molecule has 22 heavy (non-hydrogen) atoms. The number of rotatable bonds is 5. The van der Waals surface area contributed by atoms with Gasteiger partial charge in [-0.15, -0.1) is 0 Å². The van der Waals surface area contributed by atoms with Crippen LogP contribution in [0.25, 0.3) is 0 Å². The fraction of sp³-hybridized carbons (Fsp3) is 0.368. The van der Waals surface area contributed by atoms with Crippen LogP contribution in [0.4, 0.5) is 0 Å². The van der Waals surface area contributed by atoms with Crippen molar-refractivity contribution in [1.29, 1.82) is 0 Å². The topological polar surface area (TPSA) is 24.5 Å². The molecule has 1 saturated heterocycles. The smallest absolute Gasteiger partial charge is 0.120 e. The van der Waals surface area contributed by atoms with E-state index in [1.165, 1.54) is 11.1 Å². The van der Waals surface area contributed by atoms with Crippen LogP contribution < -0.4 is 10.1 Å². The highest BCUT2D eigenvalue weighted by molar-refractivity contribution is 5.29. The second kappa shape index (κ2) is 7.43. The summed E-state index contributed by atoms with van der Waals surface area (Å²) in [7, 11) is 0. The van der Waals surface area contributed by atoms with Crippen LogP contribution in [0, 0.1) is 0 Å². The molecule has 0 spiro atoms. The minimum Gasteiger partial charge on any atom is -0.489 e. The molecule has 2 aromatic rings. The summed E-state index contributed by atoms with van der Waals surface area (Å²) in [6.45, 7) is 7.15. The monoisotopic (exact) mass is 296 g/mol. The third-order valence-electron chi connectivity index (χ3n) is 4.01. The van der Waals surface area contributed by atoms with Crippen molar-refractivity contribution in [2.45, 2.75) is 26.1 Å². The van der Waals surface area contributed by atoms with E-state index >= 15 is 0 Å². The number of benzene rings is 2. The lowest BCUT2D eigenvalue weighted by molar-refractivity contribution is 0.199. The molecule has 1 unspecified atom stereocenters. The Hall–Kier alpha value is -1.84. The van der Waals surface area contributed by atoms with Gasteiger partial charge in [-0.1, -0.05) is 42.5 Å². The lowest BCUT2D eigenvalue weighted by Crippen LogP contribution is -2.48. The number of piperazine rings is 1. The lowest BCUT2D eigenvalue weighted by Gasteiger charge is -2.31. The van der Waals surface area contributed by atoms with E-state index in [0.29, 0.717) is 12.6 Å². The Morgan fingerprint density at radius 2 is 1.91 bits per heavy atom. The largest absolute Gasteiger partial charge is 0.489 e. The highest BCUT2D eigenvalue weighted by Gasteiger charge is 2.15. The maximum Gasteiger partial charge on any atom is 0.120 e. The van der Waals surface area contributed by atoms with Gasteiger partial charge >= 0.3 is 0 Å². The summed E-state index contributed by atoms with van der Waals surface area (Å²) in [6.07, 6.45) is 0. The predicted octanol–water partition coefficient (Wildman–Crippen LogP) is 3.06. The average molecular weight is 296 g/mol. The van der Waals surface area contributed by atoms with Gasteiger partial charge in [0.05, 0.1) is 0 Å². The van der Waals surface area contributed by atoms with Gasteiger partial charge < -0.3 is 10.1 Å². The van der Waals surface area contributed by atoms with Gasteiger partial charge in [0.25, 0.3) is 0 Å². The van der Waals surface area contributed by atoms with E-state index in [0.717, 1.165) is 31.9 Å². The molecule has 0 amide bonds. The molecule has 0 bridgehead atoms. The van der Waals surface area contributed by atoms with Crippen molar-refractivity contribution in [2.75, 3.05) is 19.6 Å². The summed E-state index contributed by atoms with van der Waals surface area (Å²) in [6, 6.07) is 19.3. The van der Waals surface area contributed by atoms with Gasteiger partial charge in [0.2, 0.25) is 0 Å². The molecule has 0 radical (unpaired) electrons. The molecular weight excluding hydrogens is 272 g/mol. The van der Waals surface area contributed by atoms with E-state index in [4.69, 9.17) is 4.74 Å². The summed E-state index contributed by atoms with van der Waals surface area (Å²) < 4.78 is 5.91. The Balaban J connectivity index is 1.57. The third-order valence-corrected chi connectivity index (χ3v) is 4.01. The lowest BCUT2D eigenvalue weighted by atomic mass is 10.1. The van der Waals surface area contributed by atoms with Crippen LogP contribution in [-0.2, 0) is 13.2 Å². The van der Waals surface area contributed by atoms with E-state index in [-0.39, 0.29) is 0 Å². The van der Waals surface area contributed by atoms with Crippen molar-refractivity contribution >= 4 is 0 Å². The second-order valence-corrected chi connectivity index (χ2v) is 6.01. The molecule has 3 nitrogen and oxygen atoms in total. The first kappa shape index (κ1) is 15.1. The molecule has 2 aromatic carbocycles. The van der Waals surface area contributed by atoms with Crippen molar-refractivity contribution in [2.24, 2.45) is 0 Å².